The number of ether oxygens (including phenoxy) is 1. The lowest BCUT2D eigenvalue weighted by molar-refractivity contribution is 0.406. The largest absolute Gasteiger partial charge is 0.496 e. The lowest BCUT2D eigenvalue weighted by Crippen LogP contribution is -2.19. The molecule has 0 amide bonds. The standard InChI is InChI=1S/C14H19N3OS/c1-9-7-17-12(10(2)13(9)18-4)8-16-11(3)14-15-5-6-19-14/h5-7,11,16H,8H2,1-4H3. The van der Waals surface area contributed by atoms with Crippen molar-refractivity contribution >= 4 is 11.3 Å². The molecule has 0 radical (unpaired) electrons. The summed E-state index contributed by atoms with van der Waals surface area (Å²) in [5.41, 5.74) is 3.18. The van der Waals surface area contributed by atoms with Gasteiger partial charge in [0.1, 0.15) is 10.8 Å². The molecule has 0 bridgehead atoms. The molecule has 0 aliphatic heterocycles. The summed E-state index contributed by atoms with van der Waals surface area (Å²) < 4.78 is 5.42. The number of nitrogens with zero attached hydrogens (tertiary/aromatic N) is 2. The summed E-state index contributed by atoms with van der Waals surface area (Å²) in [6.07, 6.45) is 3.69. The van der Waals surface area contributed by atoms with E-state index in [1.807, 2.05) is 31.6 Å². The number of aromatic nitrogens is 2. The summed E-state index contributed by atoms with van der Waals surface area (Å²) in [6.45, 7) is 6.88. The first-order valence-electron chi connectivity index (χ1n) is 6.25. The van der Waals surface area contributed by atoms with E-state index in [1.165, 1.54) is 0 Å². The van der Waals surface area contributed by atoms with Crippen molar-refractivity contribution < 1.29 is 4.74 Å². The minimum absolute atomic E-state index is 0.230. The minimum Gasteiger partial charge on any atom is -0.496 e. The lowest BCUT2D eigenvalue weighted by atomic mass is 10.1. The Bertz CT molecular complexity index is 540. The van der Waals surface area contributed by atoms with Gasteiger partial charge in [0.2, 0.25) is 0 Å². The Balaban J connectivity index is 2.08. The fourth-order valence-corrected chi connectivity index (χ4v) is 2.71. The third kappa shape index (κ3) is 3.11. The highest BCUT2D eigenvalue weighted by Crippen LogP contribution is 2.24. The Morgan fingerprint density at radius 2 is 2.16 bits per heavy atom. The normalized spacial score (nSPS) is 12.4. The number of aryl methyl sites for hydroxylation is 1. The van der Waals surface area contributed by atoms with Crippen LogP contribution in [0.3, 0.4) is 0 Å². The van der Waals surface area contributed by atoms with E-state index in [4.69, 9.17) is 4.74 Å². The Labute approximate surface area is 117 Å². The first kappa shape index (κ1) is 14.0. The maximum atomic E-state index is 5.42. The summed E-state index contributed by atoms with van der Waals surface area (Å²) in [4.78, 5) is 8.79. The topological polar surface area (TPSA) is 47.0 Å². The summed E-state index contributed by atoms with van der Waals surface area (Å²) in [5, 5.41) is 6.53. The van der Waals surface area contributed by atoms with Gasteiger partial charge in [-0.05, 0) is 20.8 Å². The lowest BCUT2D eigenvalue weighted by Gasteiger charge is -2.15. The highest BCUT2D eigenvalue weighted by atomic mass is 32.1. The zero-order chi connectivity index (χ0) is 13.8. The van der Waals surface area contributed by atoms with Crippen LogP contribution in [0.5, 0.6) is 5.75 Å². The van der Waals surface area contributed by atoms with Crippen LogP contribution < -0.4 is 10.1 Å². The molecule has 0 aliphatic rings. The first-order chi connectivity index (χ1) is 9.13. The molecule has 2 heterocycles. The van der Waals surface area contributed by atoms with E-state index in [0.717, 1.165) is 27.6 Å². The summed E-state index contributed by atoms with van der Waals surface area (Å²) >= 11 is 1.66. The van der Waals surface area contributed by atoms with Crippen molar-refractivity contribution in [3.8, 4) is 5.75 Å². The van der Waals surface area contributed by atoms with Gasteiger partial charge in [-0.1, -0.05) is 0 Å². The van der Waals surface area contributed by atoms with Crippen molar-refractivity contribution in [2.75, 3.05) is 7.11 Å². The van der Waals surface area contributed by atoms with Gasteiger partial charge in [0.25, 0.3) is 0 Å². The summed E-state index contributed by atoms with van der Waals surface area (Å²) in [6, 6.07) is 0.230. The summed E-state index contributed by atoms with van der Waals surface area (Å²) in [7, 11) is 1.70. The smallest absolute Gasteiger partial charge is 0.128 e. The third-order valence-corrected chi connectivity index (χ3v) is 4.11. The molecule has 0 saturated carbocycles. The van der Waals surface area contributed by atoms with Gasteiger partial charge in [0.05, 0.1) is 18.8 Å². The van der Waals surface area contributed by atoms with Crippen LogP contribution in [0.4, 0.5) is 0 Å². The van der Waals surface area contributed by atoms with E-state index in [2.05, 4.69) is 22.2 Å². The van der Waals surface area contributed by atoms with Crippen molar-refractivity contribution in [1.29, 1.82) is 0 Å². The average Bonchev–Trinajstić information content (AvgIpc) is 2.92. The third-order valence-electron chi connectivity index (χ3n) is 3.15. The van der Waals surface area contributed by atoms with Crippen LogP contribution in [0.2, 0.25) is 0 Å². The molecule has 19 heavy (non-hydrogen) atoms. The maximum Gasteiger partial charge on any atom is 0.128 e. The van der Waals surface area contributed by atoms with Crippen molar-refractivity contribution in [3.63, 3.8) is 0 Å². The van der Waals surface area contributed by atoms with Gasteiger partial charge in [-0.15, -0.1) is 11.3 Å². The van der Waals surface area contributed by atoms with Crippen LogP contribution in [0, 0.1) is 13.8 Å². The second-order valence-electron chi connectivity index (χ2n) is 4.52. The molecule has 1 N–H and O–H groups in total. The van der Waals surface area contributed by atoms with E-state index in [1.54, 1.807) is 18.4 Å². The molecule has 1 unspecified atom stereocenters. The number of thiazole rings is 1. The number of hydrogen-bond acceptors (Lipinski definition) is 5. The van der Waals surface area contributed by atoms with Gasteiger partial charge in [-0.25, -0.2) is 4.98 Å². The van der Waals surface area contributed by atoms with Crippen molar-refractivity contribution in [2.24, 2.45) is 0 Å². The van der Waals surface area contributed by atoms with Gasteiger partial charge < -0.3 is 10.1 Å². The van der Waals surface area contributed by atoms with Crippen molar-refractivity contribution in [1.82, 2.24) is 15.3 Å². The van der Waals surface area contributed by atoms with Crippen molar-refractivity contribution in [2.45, 2.75) is 33.4 Å². The fourth-order valence-electron chi connectivity index (χ4n) is 2.03. The monoisotopic (exact) mass is 277 g/mol. The maximum absolute atomic E-state index is 5.42. The van der Waals surface area contributed by atoms with Gasteiger partial charge in [-0.2, -0.15) is 0 Å². The van der Waals surface area contributed by atoms with Gasteiger partial charge in [-0.3, -0.25) is 4.98 Å². The molecular formula is C14H19N3OS. The van der Waals surface area contributed by atoms with E-state index in [9.17, 15) is 0 Å². The predicted octanol–water partition coefficient (Wildman–Crippen LogP) is 3.01. The fraction of sp³-hybridized carbons (Fsp3) is 0.429. The van der Waals surface area contributed by atoms with Crippen LogP contribution in [-0.4, -0.2) is 17.1 Å². The van der Waals surface area contributed by atoms with Crippen LogP contribution in [-0.2, 0) is 6.54 Å². The van der Waals surface area contributed by atoms with Crippen LogP contribution in [0.25, 0.3) is 0 Å². The Kier molecular flexibility index (Phi) is 4.50. The highest BCUT2D eigenvalue weighted by molar-refractivity contribution is 7.09. The zero-order valence-corrected chi connectivity index (χ0v) is 12.5. The van der Waals surface area contributed by atoms with Crippen LogP contribution in [0.15, 0.2) is 17.8 Å². The van der Waals surface area contributed by atoms with E-state index >= 15 is 0 Å². The van der Waals surface area contributed by atoms with E-state index in [-0.39, 0.29) is 6.04 Å². The van der Waals surface area contributed by atoms with E-state index < -0.39 is 0 Å². The Morgan fingerprint density at radius 1 is 1.37 bits per heavy atom. The molecule has 2 rings (SSSR count). The molecule has 0 fully saturated rings. The second kappa shape index (κ2) is 6.12. The zero-order valence-electron chi connectivity index (χ0n) is 11.7. The van der Waals surface area contributed by atoms with Gasteiger partial charge in [0, 0.05) is 35.4 Å². The van der Waals surface area contributed by atoms with Gasteiger partial charge >= 0.3 is 0 Å². The molecule has 0 aromatic carbocycles. The number of pyridine rings is 1. The van der Waals surface area contributed by atoms with Gasteiger partial charge in [0.15, 0.2) is 0 Å². The molecule has 5 heteroatoms. The predicted molar refractivity (Wildman–Crippen MR) is 77.6 cm³/mol. The number of methoxy groups -OCH3 is 1. The molecule has 1 atom stereocenters. The number of hydrogen-bond donors (Lipinski definition) is 1. The molecule has 4 nitrogen and oxygen atoms in total. The average molecular weight is 277 g/mol. The van der Waals surface area contributed by atoms with Crippen molar-refractivity contribution in [3.05, 3.63) is 39.6 Å². The molecule has 102 valence electrons. The minimum atomic E-state index is 0.230. The molecule has 0 spiro atoms. The Hall–Kier alpha value is -1.46. The number of nitrogens with one attached hydrogen (secondary N) is 1. The van der Waals surface area contributed by atoms with Crippen LogP contribution >= 0.6 is 11.3 Å². The quantitative estimate of drug-likeness (QED) is 0.912. The van der Waals surface area contributed by atoms with E-state index in [0.29, 0.717) is 6.54 Å². The summed E-state index contributed by atoms with van der Waals surface area (Å²) in [5.74, 6) is 0.925. The van der Waals surface area contributed by atoms with Crippen LogP contribution in [0.1, 0.15) is 34.8 Å². The number of rotatable bonds is 5. The molecule has 2 aromatic heterocycles. The SMILES string of the molecule is COc1c(C)cnc(CNC(C)c2nccs2)c1C. The molecule has 0 aliphatic carbocycles. The molecule has 2 aromatic rings. The Morgan fingerprint density at radius 3 is 2.79 bits per heavy atom. The second-order valence-corrected chi connectivity index (χ2v) is 5.45. The molecular weight excluding hydrogens is 258 g/mol. The molecule has 0 saturated heterocycles. The first-order valence-corrected chi connectivity index (χ1v) is 7.13. The highest BCUT2D eigenvalue weighted by Gasteiger charge is 2.12.